The Labute approximate surface area is 96.1 Å². The van der Waals surface area contributed by atoms with E-state index >= 15 is 0 Å². The van der Waals surface area contributed by atoms with Gasteiger partial charge in [-0.25, -0.2) is 9.78 Å². The van der Waals surface area contributed by atoms with Crippen molar-refractivity contribution in [3.05, 3.63) is 36.4 Å². The van der Waals surface area contributed by atoms with E-state index in [0.717, 1.165) is 9.79 Å². The molecule has 0 saturated carbocycles. The van der Waals surface area contributed by atoms with Crippen molar-refractivity contribution in [3.8, 4) is 0 Å². The fraction of sp³-hybridized carbons (Fsp3) is 0.100. The fourth-order valence-corrected chi connectivity index (χ4v) is 1.97. The highest BCUT2D eigenvalue weighted by Gasteiger charge is 2.05. The molecular formula is C10H9N3O2S. The van der Waals surface area contributed by atoms with Crippen LogP contribution in [-0.2, 0) is 7.05 Å². The molecular weight excluding hydrogens is 226 g/mol. The molecule has 2 heterocycles. The molecule has 5 nitrogen and oxygen atoms in total. The molecule has 0 radical (unpaired) electrons. The summed E-state index contributed by atoms with van der Waals surface area (Å²) in [7, 11) is 1.84. The highest BCUT2D eigenvalue weighted by molar-refractivity contribution is 7.99. The second-order valence-corrected chi connectivity index (χ2v) is 4.28. The van der Waals surface area contributed by atoms with E-state index in [0.29, 0.717) is 0 Å². The van der Waals surface area contributed by atoms with Crippen molar-refractivity contribution in [3.63, 3.8) is 0 Å². The van der Waals surface area contributed by atoms with E-state index in [-0.39, 0.29) is 5.69 Å². The largest absolute Gasteiger partial charge is 0.477 e. The molecule has 6 heteroatoms. The van der Waals surface area contributed by atoms with Crippen LogP contribution >= 0.6 is 11.8 Å². The molecule has 2 aromatic rings. The lowest BCUT2D eigenvalue weighted by molar-refractivity contribution is 0.0690. The molecule has 0 atom stereocenters. The smallest absolute Gasteiger partial charge is 0.354 e. The van der Waals surface area contributed by atoms with Gasteiger partial charge in [0.2, 0.25) is 0 Å². The van der Waals surface area contributed by atoms with Crippen LogP contribution in [0, 0.1) is 0 Å². The van der Waals surface area contributed by atoms with Crippen molar-refractivity contribution in [2.45, 2.75) is 9.79 Å². The summed E-state index contributed by atoms with van der Waals surface area (Å²) in [5.41, 5.74) is 0.0514. The third-order valence-corrected chi connectivity index (χ3v) is 2.80. The normalized spacial score (nSPS) is 10.3. The SMILES string of the molecule is Cn1cc(Sc2ccc(C(=O)O)nc2)cn1. The predicted molar refractivity (Wildman–Crippen MR) is 58.5 cm³/mol. The van der Waals surface area contributed by atoms with Gasteiger partial charge in [0.25, 0.3) is 0 Å². The van der Waals surface area contributed by atoms with Crippen molar-refractivity contribution in [2.75, 3.05) is 0 Å². The number of aromatic carboxylic acids is 1. The van der Waals surface area contributed by atoms with Gasteiger partial charge in [0, 0.05) is 24.3 Å². The van der Waals surface area contributed by atoms with E-state index in [1.54, 1.807) is 23.1 Å². The van der Waals surface area contributed by atoms with Crippen LogP contribution in [0.15, 0.2) is 40.5 Å². The first kappa shape index (κ1) is 10.7. The van der Waals surface area contributed by atoms with E-state index in [2.05, 4.69) is 10.1 Å². The van der Waals surface area contributed by atoms with Gasteiger partial charge in [-0.15, -0.1) is 0 Å². The summed E-state index contributed by atoms with van der Waals surface area (Å²) in [6.07, 6.45) is 5.17. The summed E-state index contributed by atoms with van der Waals surface area (Å²) in [5, 5.41) is 12.7. The highest BCUT2D eigenvalue weighted by atomic mass is 32.2. The van der Waals surface area contributed by atoms with Gasteiger partial charge in [-0.3, -0.25) is 4.68 Å². The minimum atomic E-state index is -1.02. The number of pyridine rings is 1. The predicted octanol–water partition coefficient (Wildman–Crippen LogP) is 1.66. The molecule has 0 bridgehead atoms. The van der Waals surface area contributed by atoms with Crippen LogP contribution in [-0.4, -0.2) is 25.8 Å². The molecule has 82 valence electrons. The maximum atomic E-state index is 10.6. The standard InChI is InChI=1S/C10H9N3O2S/c1-13-6-8(5-12-13)16-7-2-3-9(10(14)15)11-4-7/h2-6H,1H3,(H,14,15). The summed E-state index contributed by atoms with van der Waals surface area (Å²) in [6.45, 7) is 0. The Morgan fingerprint density at radius 2 is 2.19 bits per heavy atom. The van der Waals surface area contributed by atoms with E-state index in [1.807, 2.05) is 13.2 Å². The van der Waals surface area contributed by atoms with Gasteiger partial charge < -0.3 is 5.11 Å². The fourth-order valence-electron chi connectivity index (χ4n) is 1.15. The number of hydrogen-bond acceptors (Lipinski definition) is 4. The summed E-state index contributed by atoms with van der Waals surface area (Å²) in [6, 6.07) is 3.22. The first-order valence-electron chi connectivity index (χ1n) is 4.51. The quantitative estimate of drug-likeness (QED) is 0.876. The maximum Gasteiger partial charge on any atom is 0.354 e. The first-order valence-corrected chi connectivity index (χ1v) is 5.32. The van der Waals surface area contributed by atoms with E-state index in [9.17, 15) is 4.79 Å². The van der Waals surface area contributed by atoms with Crippen molar-refractivity contribution in [1.82, 2.24) is 14.8 Å². The van der Waals surface area contributed by atoms with Crippen molar-refractivity contribution >= 4 is 17.7 Å². The highest BCUT2D eigenvalue weighted by Crippen LogP contribution is 2.26. The Morgan fingerprint density at radius 1 is 1.38 bits per heavy atom. The monoisotopic (exact) mass is 235 g/mol. The Bertz CT molecular complexity index is 507. The molecule has 0 aliphatic heterocycles. The van der Waals surface area contributed by atoms with Crippen LogP contribution in [0.1, 0.15) is 10.5 Å². The second-order valence-electron chi connectivity index (χ2n) is 3.14. The van der Waals surface area contributed by atoms with Crippen LogP contribution < -0.4 is 0 Å². The molecule has 0 fully saturated rings. The minimum absolute atomic E-state index is 0.0514. The Kier molecular flexibility index (Phi) is 2.91. The van der Waals surface area contributed by atoms with Crippen LogP contribution in [0.5, 0.6) is 0 Å². The van der Waals surface area contributed by atoms with Gasteiger partial charge >= 0.3 is 5.97 Å². The van der Waals surface area contributed by atoms with Gasteiger partial charge in [-0.2, -0.15) is 5.10 Å². The average molecular weight is 235 g/mol. The number of carboxylic acids is 1. The van der Waals surface area contributed by atoms with Crippen molar-refractivity contribution in [2.24, 2.45) is 7.05 Å². The van der Waals surface area contributed by atoms with Gasteiger partial charge in [-0.05, 0) is 12.1 Å². The topological polar surface area (TPSA) is 68.0 Å². The first-order chi connectivity index (χ1) is 7.65. The maximum absolute atomic E-state index is 10.6. The molecule has 0 unspecified atom stereocenters. The molecule has 0 aliphatic carbocycles. The average Bonchev–Trinajstić information content (AvgIpc) is 2.65. The summed E-state index contributed by atoms with van der Waals surface area (Å²) >= 11 is 1.49. The van der Waals surface area contributed by atoms with Crippen LogP contribution in [0.4, 0.5) is 0 Å². The third-order valence-electron chi connectivity index (χ3n) is 1.87. The summed E-state index contributed by atoms with van der Waals surface area (Å²) in [5.74, 6) is -1.02. The Balaban J connectivity index is 2.14. The van der Waals surface area contributed by atoms with Crippen LogP contribution in [0.3, 0.4) is 0 Å². The molecule has 1 N–H and O–H groups in total. The summed E-state index contributed by atoms with van der Waals surface area (Å²) < 4.78 is 1.71. The molecule has 0 spiro atoms. The molecule has 2 rings (SSSR count). The van der Waals surface area contributed by atoms with Crippen molar-refractivity contribution in [1.29, 1.82) is 0 Å². The molecule has 0 aliphatic rings. The number of hydrogen-bond donors (Lipinski definition) is 1. The van der Waals surface area contributed by atoms with E-state index < -0.39 is 5.97 Å². The molecule has 2 aromatic heterocycles. The molecule has 0 saturated heterocycles. The molecule has 0 amide bonds. The number of aromatic nitrogens is 3. The zero-order chi connectivity index (χ0) is 11.5. The van der Waals surface area contributed by atoms with Gasteiger partial charge in [0.15, 0.2) is 0 Å². The summed E-state index contributed by atoms with van der Waals surface area (Å²) in [4.78, 5) is 16.3. The van der Waals surface area contributed by atoms with Gasteiger partial charge in [-0.1, -0.05) is 11.8 Å². The number of nitrogens with zero attached hydrogens (tertiary/aromatic N) is 3. The zero-order valence-corrected chi connectivity index (χ0v) is 9.31. The Morgan fingerprint density at radius 3 is 2.69 bits per heavy atom. The molecule has 16 heavy (non-hydrogen) atoms. The number of aryl methyl sites for hydroxylation is 1. The number of rotatable bonds is 3. The lowest BCUT2D eigenvalue weighted by Gasteiger charge is -1.98. The lowest BCUT2D eigenvalue weighted by Crippen LogP contribution is -1.98. The number of carboxylic acid groups (broad SMARTS) is 1. The third kappa shape index (κ3) is 2.40. The number of carbonyl (C=O) groups is 1. The van der Waals surface area contributed by atoms with Crippen LogP contribution in [0.2, 0.25) is 0 Å². The Hall–Kier alpha value is -1.82. The van der Waals surface area contributed by atoms with E-state index in [4.69, 9.17) is 5.11 Å². The van der Waals surface area contributed by atoms with Gasteiger partial charge in [0.1, 0.15) is 5.69 Å². The van der Waals surface area contributed by atoms with Crippen LogP contribution in [0.25, 0.3) is 0 Å². The van der Waals surface area contributed by atoms with Crippen molar-refractivity contribution < 1.29 is 9.90 Å². The van der Waals surface area contributed by atoms with E-state index in [1.165, 1.54) is 17.8 Å². The second kappa shape index (κ2) is 4.36. The lowest BCUT2D eigenvalue weighted by atomic mass is 10.4. The van der Waals surface area contributed by atoms with Gasteiger partial charge in [0.05, 0.1) is 11.1 Å². The molecule has 0 aromatic carbocycles. The minimum Gasteiger partial charge on any atom is -0.477 e. The zero-order valence-electron chi connectivity index (χ0n) is 8.49.